The Kier molecular flexibility index (Phi) is 5.89. The zero-order valence-corrected chi connectivity index (χ0v) is 20.0. The van der Waals surface area contributed by atoms with E-state index in [0.717, 1.165) is 59.7 Å². The molecule has 0 radical (unpaired) electrons. The Morgan fingerprint density at radius 3 is 2.74 bits per heavy atom. The first-order valence-electron chi connectivity index (χ1n) is 11.8. The maximum atomic E-state index is 13.2. The highest BCUT2D eigenvalue weighted by Gasteiger charge is 2.18. The minimum Gasteiger partial charge on any atom is -0.378 e. The number of hydrogen-bond acceptors (Lipinski definition) is 6. The van der Waals surface area contributed by atoms with Gasteiger partial charge in [0.15, 0.2) is 5.82 Å². The van der Waals surface area contributed by atoms with Crippen LogP contribution in [0, 0.1) is 0 Å². The standard InChI is InChI=1S/C27H25N5O2S/c33-27(28-11-9-19-17-29-22-4-2-1-3-21(19)22)24-25-23(10-16-35-25)30-26(31-24)18-5-7-20(8-6-18)32-12-14-34-15-13-32/h1-8,10,16-17,29H,9,11-15H2,(H,28,33). The fraction of sp³-hybridized carbons (Fsp3) is 0.222. The zero-order valence-electron chi connectivity index (χ0n) is 19.2. The van der Waals surface area contributed by atoms with E-state index in [-0.39, 0.29) is 5.91 Å². The van der Waals surface area contributed by atoms with Crippen molar-refractivity contribution in [1.82, 2.24) is 20.3 Å². The van der Waals surface area contributed by atoms with Crippen LogP contribution in [0.3, 0.4) is 0 Å². The second-order valence-corrected chi connectivity index (χ2v) is 9.46. The van der Waals surface area contributed by atoms with Gasteiger partial charge in [0.05, 0.1) is 23.4 Å². The molecule has 0 spiro atoms. The predicted octanol–water partition coefficient (Wildman–Crippen LogP) is 4.65. The third-order valence-corrected chi connectivity index (χ3v) is 7.29. The highest BCUT2D eigenvalue weighted by molar-refractivity contribution is 7.17. The largest absolute Gasteiger partial charge is 0.378 e. The molecule has 176 valence electrons. The summed E-state index contributed by atoms with van der Waals surface area (Å²) in [6.45, 7) is 3.80. The van der Waals surface area contributed by atoms with Crippen molar-refractivity contribution >= 4 is 44.1 Å². The molecule has 0 atom stereocenters. The van der Waals surface area contributed by atoms with Gasteiger partial charge < -0.3 is 19.9 Å². The first-order chi connectivity index (χ1) is 17.3. The number of hydrogen-bond donors (Lipinski definition) is 2. The molecule has 1 fully saturated rings. The first kappa shape index (κ1) is 21.8. The summed E-state index contributed by atoms with van der Waals surface area (Å²) in [5.74, 6) is 0.386. The molecule has 5 aromatic rings. The van der Waals surface area contributed by atoms with Gasteiger partial charge in [0, 0.05) is 48.0 Å². The van der Waals surface area contributed by atoms with Crippen molar-refractivity contribution in [2.75, 3.05) is 37.7 Å². The molecule has 7 nitrogen and oxygen atoms in total. The van der Waals surface area contributed by atoms with Crippen LogP contribution in [0.2, 0.25) is 0 Å². The number of carbonyl (C=O) groups is 1. The van der Waals surface area contributed by atoms with Gasteiger partial charge in [-0.1, -0.05) is 18.2 Å². The molecule has 2 N–H and O–H groups in total. The molecule has 0 aliphatic carbocycles. The second kappa shape index (κ2) is 9.48. The van der Waals surface area contributed by atoms with Gasteiger partial charge in [-0.15, -0.1) is 11.3 Å². The molecular formula is C27H25N5O2S. The van der Waals surface area contributed by atoms with Crippen molar-refractivity contribution < 1.29 is 9.53 Å². The normalized spacial score (nSPS) is 14.0. The van der Waals surface area contributed by atoms with Gasteiger partial charge in [0.1, 0.15) is 5.69 Å². The maximum Gasteiger partial charge on any atom is 0.271 e. The van der Waals surface area contributed by atoms with Crippen LogP contribution >= 0.6 is 11.3 Å². The summed E-state index contributed by atoms with van der Waals surface area (Å²) in [6, 6.07) is 18.4. The second-order valence-electron chi connectivity index (χ2n) is 8.54. The number of nitrogens with zero attached hydrogens (tertiary/aromatic N) is 3. The first-order valence-corrected chi connectivity index (χ1v) is 12.7. The van der Waals surface area contributed by atoms with Gasteiger partial charge in [-0.2, -0.15) is 0 Å². The Morgan fingerprint density at radius 1 is 1.06 bits per heavy atom. The number of anilines is 1. The molecule has 1 saturated heterocycles. The van der Waals surface area contributed by atoms with Crippen molar-refractivity contribution in [2.24, 2.45) is 0 Å². The van der Waals surface area contributed by atoms with Crippen LogP contribution in [0.25, 0.3) is 32.5 Å². The number of H-pyrrole nitrogens is 1. The zero-order chi connectivity index (χ0) is 23.6. The molecule has 2 aromatic carbocycles. The Morgan fingerprint density at radius 2 is 1.89 bits per heavy atom. The van der Waals surface area contributed by atoms with Gasteiger partial charge >= 0.3 is 0 Å². The molecule has 6 rings (SSSR count). The number of amides is 1. The maximum absolute atomic E-state index is 13.2. The molecular weight excluding hydrogens is 458 g/mol. The fourth-order valence-electron chi connectivity index (χ4n) is 4.52. The topological polar surface area (TPSA) is 83.1 Å². The lowest BCUT2D eigenvalue weighted by Crippen LogP contribution is -2.36. The molecule has 35 heavy (non-hydrogen) atoms. The number of ether oxygens (including phenoxy) is 1. The minimum atomic E-state index is -0.175. The number of aromatic amines is 1. The number of carbonyl (C=O) groups excluding carboxylic acids is 1. The van der Waals surface area contributed by atoms with E-state index in [9.17, 15) is 4.79 Å². The van der Waals surface area contributed by atoms with Crippen LogP contribution in [-0.4, -0.2) is 53.7 Å². The van der Waals surface area contributed by atoms with E-state index >= 15 is 0 Å². The Hall–Kier alpha value is -3.75. The summed E-state index contributed by atoms with van der Waals surface area (Å²) >= 11 is 1.49. The monoisotopic (exact) mass is 483 g/mol. The fourth-order valence-corrected chi connectivity index (χ4v) is 5.34. The molecule has 1 aliphatic heterocycles. The van der Waals surface area contributed by atoms with Crippen molar-refractivity contribution in [3.63, 3.8) is 0 Å². The third kappa shape index (κ3) is 4.38. The van der Waals surface area contributed by atoms with Gasteiger partial charge in [-0.25, -0.2) is 9.97 Å². The number of aromatic nitrogens is 3. The number of nitrogens with one attached hydrogen (secondary N) is 2. The van der Waals surface area contributed by atoms with Gasteiger partial charge in [-0.05, 0) is 53.8 Å². The Labute approximate surface area is 206 Å². The van der Waals surface area contributed by atoms with Crippen LogP contribution in [0.1, 0.15) is 16.1 Å². The Bertz CT molecular complexity index is 1480. The van der Waals surface area contributed by atoms with Gasteiger partial charge in [-0.3, -0.25) is 4.79 Å². The average Bonchev–Trinajstić information content (AvgIpc) is 3.56. The smallest absolute Gasteiger partial charge is 0.271 e. The van der Waals surface area contributed by atoms with E-state index in [0.29, 0.717) is 18.1 Å². The molecule has 0 saturated carbocycles. The van der Waals surface area contributed by atoms with Crippen molar-refractivity contribution in [3.8, 4) is 11.4 Å². The summed E-state index contributed by atoms with van der Waals surface area (Å²) in [4.78, 5) is 28.2. The van der Waals surface area contributed by atoms with E-state index in [1.165, 1.54) is 22.3 Å². The van der Waals surface area contributed by atoms with Crippen LogP contribution < -0.4 is 10.2 Å². The van der Waals surface area contributed by atoms with E-state index in [4.69, 9.17) is 14.7 Å². The average molecular weight is 484 g/mol. The molecule has 0 unspecified atom stereocenters. The van der Waals surface area contributed by atoms with Gasteiger partial charge in [0.25, 0.3) is 5.91 Å². The summed E-state index contributed by atoms with van der Waals surface area (Å²) in [5.41, 5.74) is 5.56. The van der Waals surface area contributed by atoms with E-state index < -0.39 is 0 Å². The number of fused-ring (bicyclic) bond motifs is 2. The van der Waals surface area contributed by atoms with Crippen LogP contribution in [0.4, 0.5) is 5.69 Å². The summed E-state index contributed by atoms with van der Waals surface area (Å²) < 4.78 is 6.26. The quantitative estimate of drug-likeness (QED) is 0.367. The molecule has 8 heteroatoms. The predicted molar refractivity (Wildman–Crippen MR) is 140 cm³/mol. The highest BCUT2D eigenvalue weighted by atomic mass is 32.1. The Balaban J connectivity index is 1.21. The lowest BCUT2D eigenvalue weighted by molar-refractivity contribution is 0.0951. The lowest BCUT2D eigenvalue weighted by Gasteiger charge is -2.28. The van der Waals surface area contributed by atoms with Crippen LogP contribution in [0.15, 0.2) is 66.2 Å². The van der Waals surface area contributed by atoms with E-state index in [1.807, 2.05) is 41.9 Å². The number of benzene rings is 2. The summed E-state index contributed by atoms with van der Waals surface area (Å²) in [7, 11) is 0. The molecule has 0 bridgehead atoms. The number of morpholine rings is 1. The van der Waals surface area contributed by atoms with Gasteiger partial charge in [0.2, 0.25) is 0 Å². The van der Waals surface area contributed by atoms with Crippen molar-refractivity contribution in [1.29, 1.82) is 0 Å². The van der Waals surface area contributed by atoms with Crippen LogP contribution in [-0.2, 0) is 11.2 Å². The molecule has 1 amide bonds. The lowest BCUT2D eigenvalue weighted by atomic mass is 10.1. The minimum absolute atomic E-state index is 0.175. The summed E-state index contributed by atoms with van der Waals surface area (Å²) in [5, 5.41) is 6.20. The molecule has 1 aliphatic rings. The number of para-hydroxylation sites is 1. The van der Waals surface area contributed by atoms with E-state index in [2.05, 4.69) is 39.5 Å². The van der Waals surface area contributed by atoms with Crippen LogP contribution in [0.5, 0.6) is 0 Å². The van der Waals surface area contributed by atoms with Crippen molar-refractivity contribution in [2.45, 2.75) is 6.42 Å². The molecule has 3 aromatic heterocycles. The number of rotatable bonds is 6. The highest BCUT2D eigenvalue weighted by Crippen LogP contribution is 2.27. The van der Waals surface area contributed by atoms with E-state index in [1.54, 1.807) is 0 Å². The van der Waals surface area contributed by atoms with Crippen molar-refractivity contribution in [3.05, 3.63) is 77.4 Å². The SMILES string of the molecule is O=C(NCCc1c[nH]c2ccccc12)c1nc(-c2ccc(N3CCOCC3)cc2)nc2ccsc12. The molecule has 4 heterocycles. The number of thiophene rings is 1. The third-order valence-electron chi connectivity index (χ3n) is 6.38. The summed E-state index contributed by atoms with van der Waals surface area (Å²) in [6.07, 6.45) is 2.75.